The van der Waals surface area contributed by atoms with Crippen LogP contribution in [0.3, 0.4) is 0 Å². The summed E-state index contributed by atoms with van der Waals surface area (Å²) in [6, 6.07) is 33.2. The first-order valence-corrected chi connectivity index (χ1v) is 14.8. The van der Waals surface area contributed by atoms with Crippen LogP contribution in [-0.4, -0.2) is 48.2 Å². The second-order valence-electron chi connectivity index (χ2n) is 10.4. The van der Waals surface area contributed by atoms with Crippen molar-refractivity contribution in [1.29, 1.82) is 0 Å². The highest BCUT2D eigenvalue weighted by Gasteiger charge is 2.23. The molecule has 0 aromatic heterocycles. The SMILES string of the molecule is CCN(CC)Cc1ccc(C=Cc2ccccc2C(=O)N[C@@H](Cc2ccccc2)C(=O)CNC(=O)c2ccccc2)cc1. The third-order valence-corrected chi connectivity index (χ3v) is 7.38. The van der Waals surface area contributed by atoms with Crippen LogP contribution < -0.4 is 10.6 Å². The van der Waals surface area contributed by atoms with Crippen molar-refractivity contribution in [2.24, 2.45) is 0 Å². The van der Waals surface area contributed by atoms with Crippen LogP contribution in [0.5, 0.6) is 0 Å². The zero-order valence-electron chi connectivity index (χ0n) is 24.8. The standard InChI is InChI=1S/C37H39N3O3/c1-3-40(4-2)27-30-21-19-28(20-22-30)23-24-31-15-11-12-18-33(31)37(43)39-34(25-29-13-7-5-8-14-29)35(41)26-38-36(42)32-16-9-6-10-17-32/h5-24,34H,3-4,25-27H2,1-2H3,(H,38,42)(H,39,43)/t34-/m0/s1. The van der Waals surface area contributed by atoms with Crippen LogP contribution >= 0.6 is 0 Å². The highest BCUT2D eigenvalue weighted by Crippen LogP contribution is 2.16. The normalized spacial score (nSPS) is 11.8. The Hall–Kier alpha value is -4.81. The van der Waals surface area contributed by atoms with Crippen molar-refractivity contribution < 1.29 is 14.4 Å². The van der Waals surface area contributed by atoms with Gasteiger partial charge in [-0.05, 0) is 60.0 Å². The first-order valence-electron chi connectivity index (χ1n) is 14.8. The van der Waals surface area contributed by atoms with Crippen LogP contribution in [0.1, 0.15) is 56.8 Å². The van der Waals surface area contributed by atoms with Gasteiger partial charge in [-0.25, -0.2) is 0 Å². The Morgan fingerprint density at radius 1 is 0.698 bits per heavy atom. The fraction of sp³-hybridized carbons (Fsp3) is 0.216. The Balaban J connectivity index is 1.47. The summed E-state index contributed by atoms with van der Waals surface area (Å²) in [5, 5.41) is 5.64. The Morgan fingerprint density at radius 3 is 2.00 bits per heavy atom. The van der Waals surface area contributed by atoms with Gasteiger partial charge in [-0.1, -0.05) is 117 Å². The van der Waals surface area contributed by atoms with E-state index in [2.05, 4.69) is 53.6 Å². The Bertz CT molecular complexity index is 1510. The van der Waals surface area contributed by atoms with Gasteiger partial charge in [0.25, 0.3) is 11.8 Å². The molecule has 0 aliphatic rings. The van der Waals surface area contributed by atoms with Gasteiger partial charge in [-0.15, -0.1) is 0 Å². The van der Waals surface area contributed by atoms with E-state index in [9.17, 15) is 14.4 Å². The molecule has 0 unspecified atom stereocenters. The molecule has 0 heterocycles. The second-order valence-corrected chi connectivity index (χ2v) is 10.4. The maximum absolute atomic E-state index is 13.6. The average Bonchev–Trinajstić information content (AvgIpc) is 3.06. The summed E-state index contributed by atoms with van der Waals surface area (Å²) in [6.07, 6.45) is 4.21. The van der Waals surface area contributed by atoms with Crippen LogP contribution in [0.2, 0.25) is 0 Å². The van der Waals surface area contributed by atoms with E-state index in [1.165, 1.54) is 5.56 Å². The molecule has 2 amide bonds. The van der Waals surface area contributed by atoms with Crippen molar-refractivity contribution in [1.82, 2.24) is 15.5 Å². The number of benzene rings is 4. The smallest absolute Gasteiger partial charge is 0.252 e. The van der Waals surface area contributed by atoms with Crippen LogP contribution in [0, 0.1) is 0 Å². The van der Waals surface area contributed by atoms with Crippen molar-refractivity contribution in [3.05, 3.63) is 143 Å². The summed E-state index contributed by atoms with van der Waals surface area (Å²) < 4.78 is 0. The van der Waals surface area contributed by atoms with Gasteiger partial charge in [-0.3, -0.25) is 19.3 Å². The quantitative estimate of drug-likeness (QED) is 0.180. The van der Waals surface area contributed by atoms with Crippen LogP contribution in [0.4, 0.5) is 0 Å². The third-order valence-electron chi connectivity index (χ3n) is 7.38. The van der Waals surface area contributed by atoms with Crippen molar-refractivity contribution >= 4 is 29.7 Å². The van der Waals surface area contributed by atoms with Gasteiger partial charge < -0.3 is 10.6 Å². The highest BCUT2D eigenvalue weighted by atomic mass is 16.2. The Labute approximate surface area is 254 Å². The van der Waals surface area contributed by atoms with Gasteiger partial charge in [0.2, 0.25) is 0 Å². The van der Waals surface area contributed by atoms with Crippen LogP contribution in [0.15, 0.2) is 109 Å². The molecule has 1 atom stereocenters. The fourth-order valence-corrected chi connectivity index (χ4v) is 4.79. The number of hydrogen-bond donors (Lipinski definition) is 2. The largest absolute Gasteiger partial charge is 0.345 e. The number of nitrogens with zero attached hydrogens (tertiary/aromatic N) is 1. The van der Waals surface area contributed by atoms with Crippen molar-refractivity contribution in [2.45, 2.75) is 32.9 Å². The van der Waals surface area contributed by atoms with Crippen molar-refractivity contribution in [3.63, 3.8) is 0 Å². The van der Waals surface area contributed by atoms with E-state index < -0.39 is 6.04 Å². The number of ketones is 1. The van der Waals surface area contributed by atoms with Gasteiger partial charge in [0, 0.05) is 17.7 Å². The second kappa shape index (κ2) is 16.0. The van der Waals surface area contributed by atoms with Crippen molar-refractivity contribution in [3.8, 4) is 0 Å². The summed E-state index contributed by atoms with van der Waals surface area (Å²) in [4.78, 5) is 41.8. The molecular weight excluding hydrogens is 534 g/mol. The molecule has 2 N–H and O–H groups in total. The van der Waals surface area contributed by atoms with Gasteiger partial charge >= 0.3 is 0 Å². The molecule has 4 aromatic rings. The molecule has 6 heteroatoms. The fourth-order valence-electron chi connectivity index (χ4n) is 4.79. The predicted molar refractivity (Wildman–Crippen MR) is 174 cm³/mol. The van der Waals surface area contributed by atoms with Crippen molar-refractivity contribution in [2.75, 3.05) is 19.6 Å². The first kappa shape index (κ1) is 31.1. The highest BCUT2D eigenvalue weighted by molar-refractivity contribution is 6.02. The lowest BCUT2D eigenvalue weighted by molar-refractivity contribution is -0.119. The minimum atomic E-state index is -0.818. The Kier molecular flexibility index (Phi) is 11.6. The number of hydrogen-bond acceptors (Lipinski definition) is 4. The van der Waals surface area contributed by atoms with Gasteiger partial charge in [0.15, 0.2) is 5.78 Å². The predicted octanol–water partition coefficient (Wildman–Crippen LogP) is 6.04. The lowest BCUT2D eigenvalue weighted by Gasteiger charge is -2.19. The molecule has 0 aliphatic carbocycles. The number of Topliss-reactive ketones (excluding diaryl/α,β-unsaturated/α-hetero) is 1. The molecule has 43 heavy (non-hydrogen) atoms. The van der Waals surface area contributed by atoms with Crippen LogP contribution in [-0.2, 0) is 17.8 Å². The van der Waals surface area contributed by atoms with E-state index in [0.29, 0.717) is 17.5 Å². The first-order chi connectivity index (χ1) is 21.0. The summed E-state index contributed by atoms with van der Waals surface area (Å²) in [5.41, 5.74) is 4.89. The molecular formula is C37H39N3O3. The lowest BCUT2D eigenvalue weighted by Crippen LogP contribution is -2.46. The molecule has 0 saturated heterocycles. The summed E-state index contributed by atoms with van der Waals surface area (Å²) in [5.74, 6) is -0.965. The molecule has 4 aromatic carbocycles. The Morgan fingerprint density at radius 2 is 1.33 bits per heavy atom. The lowest BCUT2D eigenvalue weighted by atomic mass is 10.00. The molecule has 4 rings (SSSR count). The molecule has 220 valence electrons. The molecule has 0 aliphatic heterocycles. The molecule has 0 saturated carbocycles. The average molecular weight is 574 g/mol. The summed E-state index contributed by atoms with van der Waals surface area (Å²) in [7, 11) is 0. The van der Waals surface area contributed by atoms with Gasteiger partial charge in [0.05, 0.1) is 12.6 Å². The van der Waals surface area contributed by atoms with Gasteiger partial charge in [0.1, 0.15) is 0 Å². The minimum Gasteiger partial charge on any atom is -0.345 e. The van der Waals surface area contributed by atoms with E-state index in [1.807, 2.05) is 66.7 Å². The number of carbonyl (C=O) groups excluding carboxylic acids is 3. The zero-order chi connectivity index (χ0) is 30.4. The number of nitrogens with one attached hydrogen (secondary N) is 2. The maximum atomic E-state index is 13.6. The molecule has 0 radical (unpaired) electrons. The topological polar surface area (TPSA) is 78.5 Å². The monoisotopic (exact) mass is 573 g/mol. The number of rotatable bonds is 14. The maximum Gasteiger partial charge on any atom is 0.252 e. The third kappa shape index (κ3) is 9.35. The van der Waals surface area contributed by atoms with Gasteiger partial charge in [-0.2, -0.15) is 0 Å². The van der Waals surface area contributed by atoms with E-state index in [-0.39, 0.29) is 24.1 Å². The number of amides is 2. The van der Waals surface area contributed by atoms with E-state index in [1.54, 1.807) is 30.3 Å². The van der Waals surface area contributed by atoms with E-state index >= 15 is 0 Å². The molecule has 0 fully saturated rings. The number of carbonyl (C=O) groups is 3. The minimum absolute atomic E-state index is 0.197. The van der Waals surface area contributed by atoms with E-state index in [0.717, 1.165) is 36.3 Å². The molecule has 0 bridgehead atoms. The van der Waals surface area contributed by atoms with E-state index in [4.69, 9.17) is 0 Å². The molecule has 6 nitrogen and oxygen atoms in total. The molecule has 0 spiro atoms. The zero-order valence-corrected chi connectivity index (χ0v) is 24.8. The van der Waals surface area contributed by atoms with Crippen LogP contribution in [0.25, 0.3) is 12.2 Å². The summed E-state index contributed by atoms with van der Waals surface area (Å²) >= 11 is 0. The summed E-state index contributed by atoms with van der Waals surface area (Å²) in [6.45, 7) is 7.07.